The number of nitrogens with two attached hydrogens (primary N) is 1. The summed E-state index contributed by atoms with van der Waals surface area (Å²) < 4.78 is 54.8. The number of esters is 2. The molecule has 0 fully saturated rings. The number of nitrogen functional groups attached to an aromatic ring is 1. The molecule has 1 amide bonds. The van der Waals surface area contributed by atoms with Crippen LogP contribution in [0.3, 0.4) is 0 Å². The predicted octanol–water partition coefficient (Wildman–Crippen LogP) is 10.4. The minimum atomic E-state index is -3.12. The van der Waals surface area contributed by atoms with Gasteiger partial charge in [-0.1, -0.05) is 52.3 Å². The van der Waals surface area contributed by atoms with Crippen molar-refractivity contribution in [2.45, 2.75) is 85.6 Å². The minimum Gasteiger partial charge on any atom is -0.444 e. The molecule has 0 aromatic heterocycles. The molecule has 57 heavy (non-hydrogen) atoms. The molecule has 0 saturated heterocycles. The highest BCUT2D eigenvalue weighted by atomic mass is 79.9. The van der Waals surface area contributed by atoms with E-state index in [9.17, 15) is 33.6 Å². The van der Waals surface area contributed by atoms with E-state index in [2.05, 4.69) is 26.0 Å². The van der Waals surface area contributed by atoms with Crippen LogP contribution in [0.1, 0.15) is 79.0 Å². The van der Waals surface area contributed by atoms with E-state index >= 15 is 0 Å². The van der Waals surface area contributed by atoms with Crippen LogP contribution in [0.5, 0.6) is 0 Å². The van der Waals surface area contributed by atoms with Crippen LogP contribution in [0.2, 0.25) is 0 Å². The summed E-state index contributed by atoms with van der Waals surface area (Å²) in [6, 6.07) is 20.7. The molecule has 3 N–H and O–H groups in total. The van der Waals surface area contributed by atoms with Gasteiger partial charge < -0.3 is 33.3 Å². The smallest absolute Gasteiger partial charge is 0.412 e. The highest BCUT2D eigenvalue weighted by Crippen LogP contribution is 2.52. The molecule has 0 spiro atoms. The average molecular weight is 905 g/mol. The van der Waals surface area contributed by atoms with Crippen molar-refractivity contribution < 1.29 is 56.0 Å². The van der Waals surface area contributed by atoms with Gasteiger partial charge in [0.05, 0.1) is 43.7 Å². The topological polar surface area (TPSA) is 222 Å². The van der Waals surface area contributed by atoms with Gasteiger partial charge in [0.2, 0.25) is 0 Å². The van der Waals surface area contributed by atoms with Crippen molar-refractivity contribution in [2.75, 3.05) is 37.5 Å². The van der Waals surface area contributed by atoms with Gasteiger partial charge in [-0.25, -0.2) is 4.79 Å². The first-order chi connectivity index (χ1) is 26.6. The Kier molecular flexibility index (Phi) is 25.7. The zero-order valence-electron chi connectivity index (χ0n) is 34.0. The molecule has 3 rings (SSSR count). The number of nitro benzene ring substituents is 1. The van der Waals surface area contributed by atoms with Crippen LogP contribution in [0.4, 0.5) is 21.9 Å². The van der Waals surface area contributed by atoms with E-state index in [0.29, 0.717) is 37.8 Å². The number of non-ortho nitro benzene ring substituents is 1. The molecule has 318 valence electrons. The Hall–Kier alpha value is -3.95. The van der Waals surface area contributed by atoms with Crippen molar-refractivity contribution in [3.05, 3.63) is 99.6 Å². The Balaban J connectivity index is 0.000000798. The summed E-state index contributed by atoms with van der Waals surface area (Å²) in [5, 5.41) is 13.6. The largest absolute Gasteiger partial charge is 0.444 e. The number of hydrogen-bond acceptors (Lipinski definition) is 14. The fraction of sp³-hybridized carbons (Fsp3) is 0.447. The first kappa shape index (κ1) is 53.0. The number of nitro groups is 1. The number of ether oxygens (including phenoxy) is 2. The maximum Gasteiger partial charge on any atom is 0.412 e. The second-order valence-electron chi connectivity index (χ2n) is 12.4. The summed E-state index contributed by atoms with van der Waals surface area (Å²) in [5.41, 5.74) is 9.20. The Morgan fingerprint density at radius 3 is 1.37 bits per heavy atom. The molecule has 0 unspecified atom stereocenters. The molecule has 0 aliphatic heterocycles. The lowest BCUT2D eigenvalue weighted by Crippen LogP contribution is -2.27. The fourth-order valence-corrected chi connectivity index (χ4v) is 7.92. The number of alkyl halides is 1. The Morgan fingerprint density at radius 2 is 1.07 bits per heavy atom. The lowest BCUT2D eigenvalue weighted by atomic mass is 10.2. The summed E-state index contributed by atoms with van der Waals surface area (Å²) in [4.78, 5) is 41.1. The molecule has 3 aromatic rings. The van der Waals surface area contributed by atoms with Crippen molar-refractivity contribution in [2.24, 2.45) is 0 Å². The number of benzene rings is 3. The van der Waals surface area contributed by atoms with Crippen LogP contribution < -0.4 is 11.1 Å². The molecule has 16 nitrogen and oxygen atoms in total. The van der Waals surface area contributed by atoms with Crippen LogP contribution in [0.15, 0.2) is 72.8 Å². The maximum atomic E-state index is 12.5. The van der Waals surface area contributed by atoms with Gasteiger partial charge in [0.15, 0.2) is 0 Å². The number of hydrogen-bond donors (Lipinski definition) is 2. The average Bonchev–Trinajstić information content (AvgIpc) is 3.10. The second kappa shape index (κ2) is 27.6. The zero-order chi connectivity index (χ0) is 43.7. The Labute approximate surface area is 343 Å². The Bertz CT molecular complexity index is 1720. The van der Waals surface area contributed by atoms with Gasteiger partial charge in [-0.15, -0.1) is 0 Å². The third-order valence-corrected chi connectivity index (χ3v) is 11.0. The van der Waals surface area contributed by atoms with E-state index in [1.54, 1.807) is 97.0 Å². The number of anilines is 2. The van der Waals surface area contributed by atoms with Crippen molar-refractivity contribution >= 4 is 66.2 Å². The number of rotatable bonds is 15. The van der Waals surface area contributed by atoms with Crippen molar-refractivity contribution in [3.8, 4) is 0 Å². The monoisotopic (exact) mass is 903 g/mol. The first-order valence-electron chi connectivity index (χ1n) is 17.8. The number of amides is 1. The highest BCUT2D eigenvalue weighted by molar-refractivity contribution is 9.08. The second-order valence-corrected chi connectivity index (χ2v) is 17.1. The molecular weight excluding hydrogens is 848 g/mol. The van der Waals surface area contributed by atoms with E-state index in [1.807, 2.05) is 12.1 Å². The number of carbonyl (C=O) groups is 3. The molecule has 0 heterocycles. The van der Waals surface area contributed by atoms with Crippen molar-refractivity contribution in [1.82, 2.24) is 0 Å². The van der Waals surface area contributed by atoms with Gasteiger partial charge in [0.25, 0.3) is 5.69 Å². The van der Waals surface area contributed by atoms with E-state index in [4.69, 9.17) is 28.6 Å². The molecule has 19 heteroatoms. The van der Waals surface area contributed by atoms with Crippen molar-refractivity contribution in [1.29, 1.82) is 0 Å². The molecule has 0 aliphatic carbocycles. The minimum absolute atomic E-state index is 0.134. The van der Waals surface area contributed by atoms with Gasteiger partial charge in [-0.2, -0.15) is 0 Å². The Morgan fingerprint density at radius 1 is 0.702 bits per heavy atom. The highest BCUT2D eigenvalue weighted by Gasteiger charge is 2.25. The van der Waals surface area contributed by atoms with Gasteiger partial charge in [-0.05, 0) is 89.4 Å². The first-order valence-corrected chi connectivity index (χ1v) is 22.4. The van der Waals surface area contributed by atoms with Crippen LogP contribution >= 0.6 is 31.1 Å². The molecule has 0 atom stereocenters. The fourth-order valence-electron chi connectivity index (χ4n) is 4.14. The normalized spacial score (nSPS) is 10.9. The van der Waals surface area contributed by atoms with Gasteiger partial charge in [0, 0.05) is 42.7 Å². The zero-order valence-corrected chi connectivity index (χ0v) is 37.4. The van der Waals surface area contributed by atoms with Crippen LogP contribution in [0.25, 0.3) is 0 Å². The number of carbonyl (C=O) groups excluding carboxylic acids is 3. The lowest BCUT2D eigenvalue weighted by molar-refractivity contribution is -0.384. The molecular formula is C38H56BrN3O13P2. The third kappa shape index (κ3) is 25.8. The van der Waals surface area contributed by atoms with Crippen LogP contribution in [0, 0.1) is 10.1 Å². The van der Waals surface area contributed by atoms with E-state index < -0.39 is 43.7 Å². The van der Waals surface area contributed by atoms with Crippen LogP contribution in [-0.2, 0) is 63.9 Å². The van der Waals surface area contributed by atoms with E-state index in [1.165, 1.54) is 26.0 Å². The van der Waals surface area contributed by atoms with Crippen molar-refractivity contribution in [3.63, 3.8) is 0 Å². The summed E-state index contributed by atoms with van der Waals surface area (Å²) in [6.07, 6.45) is -0.0318. The van der Waals surface area contributed by atoms with Gasteiger partial charge in [0.1, 0.15) is 5.60 Å². The summed E-state index contributed by atoms with van der Waals surface area (Å²) >= 11 is 3.25. The number of halogens is 1. The summed E-state index contributed by atoms with van der Waals surface area (Å²) in [7, 11) is -6.12. The van der Waals surface area contributed by atoms with Gasteiger partial charge >= 0.3 is 33.2 Å². The summed E-state index contributed by atoms with van der Waals surface area (Å²) in [5.74, 6) is -1.12. The molecule has 0 radical (unpaired) electrons. The lowest BCUT2D eigenvalue weighted by Gasteiger charge is -2.20. The summed E-state index contributed by atoms with van der Waals surface area (Å²) in [6.45, 7) is 16.3. The maximum absolute atomic E-state index is 12.5. The molecule has 3 aromatic carbocycles. The standard InChI is InChI=1S/C16H26NO5P.C11H18NO3P.C7H6BrNO2.C4H6O3/c1-6-20-23(19,21-7-2)12-13-8-10-14(11-9-13)17-15(18)22-16(3,4)5;1-3-14-16(13,15-4-2)9-10-5-7-11(12)8-6-10;8-5-6-1-3-7(4-2-6)9(10)11;1-3(5)7-4(2)6/h8-11H,6-7,12H2,1-5H3,(H,17,18);5-8H,3-4,9,12H2,1-2H3;1-4H,5H2;1-2H3. The quantitative estimate of drug-likeness (QED) is 0.0275. The van der Waals surface area contributed by atoms with Crippen LogP contribution in [-0.4, -0.2) is 55.0 Å². The van der Waals surface area contributed by atoms with E-state index in [0.717, 1.165) is 22.0 Å². The molecule has 0 bridgehead atoms. The molecule has 0 aliphatic rings. The third-order valence-electron chi connectivity index (χ3n) is 6.22. The SMILES string of the molecule is CC(=O)OC(C)=O.CCOP(=O)(Cc1ccc(N)cc1)OCC.CCOP(=O)(Cc1ccc(NC(=O)OC(C)(C)C)cc1)OCC.O=[N+]([O-])c1ccc(CBr)cc1. The molecule has 0 saturated carbocycles. The number of nitrogens with one attached hydrogen (secondary N) is 1. The number of nitrogens with zero attached hydrogens (tertiary/aromatic N) is 1. The van der Waals surface area contributed by atoms with E-state index in [-0.39, 0.29) is 18.0 Å². The van der Waals surface area contributed by atoms with Gasteiger partial charge in [-0.3, -0.25) is 34.2 Å². The predicted molar refractivity (Wildman–Crippen MR) is 224 cm³/mol.